The zero-order chi connectivity index (χ0) is 20.6. The molecule has 0 bridgehead atoms. The van der Waals surface area contributed by atoms with Gasteiger partial charge in [0.25, 0.3) is 0 Å². The predicted octanol–water partition coefficient (Wildman–Crippen LogP) is 4.68. The molecule has 0 radical (unpaired) electrons. The molecule has 0 aliphatic heterocycles. The highest BCUT2D eigenvalue weighted by atomic mass is 32.3. The van der Waals surface area contributed by atoms with E-state index in [1.165, 1.54) is 0 Å². The Hall–Kier alpha value is -2.05. The second-order valence-corrected chi connectivity index (χ2v) is 10.7. The van der Waals surface area contributed by atoms with Gasteiger partial charge in [-0.1, -0.05) is 12.1 Å². The Morgan fingerprint density at radius 3 is 1.79 bits per heavy atom. The minimum atomic E-state index is -1.09. The summed E-state index contributed by atoms with van der Waals surface area (Å²) in [6.45, 7) is 0.721. The lowest BCUT2D eigenvalue weighted by atomic mass is 10.1. The Balaban J connectivity index is 1.72. The van der Waals surface area contributed by atoms with Gasteiger partial charge in [0.15, 0.2) is 23.0 Å². The van der Waals surface area contributed by atoms with Crippen LogP contribution in [0.15, 0.2) is 36.4 Å². The molecule has 0 aliphatic carbocycles. The molecule has 156 valence electrons. The molecule has 0 amide bonds. The fourth-order valence-corrected chi connectivity index (χ4v) is 4.53. The van der Waals surface area contributed by atoms with Crippen LogP contribution in [0, 0.1) is 0 Å². The van der Waals surface area contributed by atoms with E-state index in [0.717, 1.165) is 49.2 Å². The molecule has 5 nitrogen and oxygen atoms in total. The molecule has 28 heavy (non-hydrogen) atoms. The van der Waals surface area contributed by atoms with E-state index in [1.54, 1.807) is 26.4 Å². The van der Waals surface area contributed by atoms with Crippen molar-refractivity contribution in [2.24, 2.45) is 0 Å². The number of aryl methyl sites for hydroxylation is 2. The van der Waals surface area contributed by atoms with Gasteiger partial charge in [0.1, 0.15) is 0 Å². The van der Waals surface area contributed by atoms with Crippen LogP contribution in [0.2, 0.25) is 0 Å². The topological polar surface area (TPSA) is 68.2 Å². The molecule has 0 fully saturated rings. The quantitative estimate of drug-likeness (QED) is 0.529. The number of phenolic OH excluding ortho intramolecular Hbond substituents is 2. The van der Waals surface area contributed by atoms with Gasteiger partial charge in [-0.05, 0) is 79.3 Å². The minimum absolute atomic E-state index is 0.166. The summed E-state index contributed by atoms with van der Waals surface area (Å²) in [5.74, 6) is 2.40. The normalized spacial score (nSPS) is 12.0. The third-order valence-electron chi connectivity index (χ3n) is 4.60. The van der Waals surface area contributed by atoms with E-state index in [9.17, 15) is 10.2 Å². The monoisotopic (exact) mass is 408 g/mol. The number of ether oxygens (including phenoxy) is 2. The molecule has 0 aliphatic rings. The summed E-state index contributed by atoms with van der Waals surface area (Å²) in [6, 6.07) is 11.0. The summed E-state index contributed by atoms with van der Waals surface area (Å²) >= 11 is 0. The lowest BCUT2D eigenvalue weighted by Gasteiger charge is -2.31. The molecule has 0 unspecified atom stereocenters. The van der Waals surface area contributed by atoms with Crippen LogP contribution in [-0.2, 0) is 17.0 Å². The van der Waals surface area contributed by atoms with Crippen LogP contribution in [0.4, 0.5) is 0 Å². The summed E-state index contributed by atoms with van der Waals surface area (Å²) in [5, 5.41) is 19.3. The highest BCUT2D eigenvalue weighted by Crippen LogP contribution is 2.42. The molecular weight excluding hydrogens is 376 g/mol. The zero-order valence-electron chi connectivity index (χ0n) is 17.2. The fraction of sp³-hybridized carbons (Fsp3) is 0.455. The number of benzene rings is 2. The van der Waals surface area contributed by atoms with Crippen molar-refractivity contribution in [3.63, 3.8) is 0 Å². The molecular formula is C22H32O5S. The first-order valence-electron chi connectivity index (χ1n) is 9.42. The standard InChI is InChI=1S/C22H32O5S/c1-25-21-15-17(9-11-19(21)23)7-5-13-27-28(3,4)14-6-8-18-10-12-20(24)22(16-18)26-2/h9-12,15-16,23-24H,5-8,13-14H2,1-4H3. The van der Waals surface area contributed by atoms with Gasteiger partial charge in [-0.2, -0.15) is 0 Å². The third kappa shape index (κ3) is 6.84. The SMILES string of the molecule is COc1cc(CCCOS(C)(C)CCCc2ccc(O)c(OC)c2)ccc1O. The van der Waals surface area contributed by atoms with E-state index in [-0.39, 0.29) is 11.5 Å². The van der Waals surface area contributed by atoms with E-state index < -0.39 is 10.3 Å². The highest BCUT2D eigenvalue weighted by molar-refractivity contribution is 8.28. The summed E-state index contributed by atoms with van der Waals surface area (Å²) < 4.78 is 16.5. The predicted molar refractivity (Wildman–Crippen MR) is 116 cm³/mol. The zero-order valence-corrected chi connectivity index (χ0v) is 18.1. The van der Waals surface area contributed by atoms with E-state index in [1.807, 2.05) is 24.3 Å². The first kappa shape index (κ1) is 22.2. The number of hydrogen-bond acceptors (Lipinski definition) is 5. The first-order valence-corrected chi connectivity index (χ1v) is 12.0. The van der Waals surface area contributed by atoms with Gasteiger partial charge < -0.3 is 23.9 Å². The minimum Gasteiger partial charge on any atom is -0.504 e. The van der Waals surface area contributed by atoms with Crippen molar-refractivity contribution in [3.05, 3.63) is 47.5 Å². The number of rotatable bonds is 11. The Morgan fingerprint density at radius 2 is 1.29 bits per heavy atom. The Labute approximate surface area is 169 Å². The molecule has 0 heterocycles. The summed E-state index contributed by atoms with van der Waals surface area (Å²) in [7, 11) is 2.03. The number of aromatic hydroxyl groups is 2. The fourth-order valence-electron chi connectivity index (χ4n) is 3.00. The van der Waals surface area contributed by atoms with Crippen LogP contribution in [0.5, 0.6) is 23.0 Å². The second-order valence-electron chi connectivity index (χ2n) is 7.18. The van der Waals surface area contributed by atoms with Crippen LogP contribution >= 0.6 is 10.3 Å². The van der Waals surface area contributed by atoms with E-state index in [2.05, 4.69) is 12.5 Å². The smallest absolute Gasteiger partial charge is 0.160 e. The van der Waals surface area contributed by atoms with Gasteiger partial charge in [-0.25, -0.2) is 0 Å². The van der Waals surface area contributed by atoms with Crippen LogP contribution in [0.25, 0.3) is 0 Å². The third-order valence-corrected chi connectivity index (χ3v) is 6.68. The van der Waals surface area contributed by atoms with Gasteiger partial charge in [0.2, 0.25) is 0 Å². The lowest BCUT2D eigenvalue weighted by Crippen LogP contribution is -2.08. The Bertz CT molecular complexity index is 761. The summed E-state index contributed by atoms with van der Waals surface area (Å²) in [4.78, 5) is 0. The maximum atomic E-state index is 9.68. The van der Waals surface area contributed by atoms with E-state index in [4.69, 9.17) is 13.7 Å². The van der Waals surface area contributed by atoms with Gasteiger partial charge in [0.05, 0.1) is 20.8 Å². The molecule has 2 aromatic rings. The summed E-state index contributed by atoms with van der Waals surface area (Å²) in [6.07, 6.45) is 8.19. The van der Waals surface area contributed by atoms with Crippen molar-refractivity contribution in [1.82, 2.24) is 0 Å². The molecule has 0 saturated heterocycles. The average Bonchev–Trinajstić information content (AvgIpc) is 2.67. The highest BCUT2D eigenvalue weighted by Gasteiger charge is 2.13. The van der Waals surface area contributed by atoms with E-state index in [0.29, 0.717) is 11.5 Å². The average molecular weight is 409 g/mol. The number of phenols is 2. The molecule has 0 atom stereocenters. The molecule has 6 heteroatoms. The maximum Gasteiger partial charge on any atom is 0.160 e. The van der Waals surface area contributed by atoms with Gasteiger partial charge in [0, 0.05) is 0 Å². The number of hydrogen-bond donors (Lipinski definition) is 2. The van der Waals surface area contributed by atoms with Crippen LogP contribution in [0.1, 0.15) is 24.0 Å². The van der Waals surface area contributed by atoms with Crippen molar-refractivity contribution in [2.45, 2.75) is 25.7 Å². The van der Waals surface area contributed by atoms with E-state index >= 15 is 0 Å². The maximum absolute atomic E-state index is 9.68. The summed E-state index contributed by atoms with van der Waals surface area (Å²) in [5.41, 5.74) is 2.29. The molecule has 2 rings (SSSR count). The largest absolute Gasteiger partial charge is 0.504 e. The Morgan fingerprint density at radius 1 is 0.786 bits per heavy atom. The van der Waals surface area contributed by atoms with Crippen LogP contribution in [-0.4, -0.2) is 49.3 Å². The van der Waals surface area contributed by atoms with Crippen molar-refractivity contribution in [2.75, 3.05) is 39.1 Å². The molecule has 0 saturated carbocycles. The second kappa shape index (κ2) is 10.5. The van der Waals surface area contributed by atoms with Gasteiger partial charge >= 0.3 is 0 Å². The van der Waals surface area contributed by atoms with Crippen molar-refractivity contribution in [3.8, 4) is 23.0 Å². The first-order chi connectivity index (χ1) is 13.3. The Kier molecular flexibility index (Phi) is 8.33. The van der Waals surface area contributed by atoms with Crippen molar-refractivity contribution >= 4 is 10.3 Å². The molecule has 2 N–H and O–H groups in total. The van der Waals surface area contributed by atoms with Crippen LogP contribution in [0.3, 0.4) is 0 Å². The van der Waals surface area contributed by atoms with Gasteiger partial charge in [-0.15, -0.1) is 10.3 Å². The van der Waals surface area contributed by atoms with Gasteiger partial charge in [-0.3, -0.25) is 0 Å². The number of methoxy groups -OCH3 is 2. The van der Waals surface area contributed by atoms with Crippen LogP contribution < -0.4 is 9.47 Å². The molecule has 0 spiro atoms. The molecule has 0 aromatic heterocycles. The van der Waals surface area contributed by atoms with Crippen molar-refractivity contribution < 1.29 is 23.9 Å². The molecule has 2 aromatic carbocycles. The lowest BCUT2D eigenvalue weighted by molar-refractivity contribution is 0.350. The van der Waals surface area contributed by atoms with Crippen molar-refractivity contribution in [1.29, 1.82) is 0 Å².